The van der Waals surface area contributed by atoms with E-state index >= 15 is 0 Å². The smallest absolute Gasteiger partial charge is 0.340 e. The number of hydrogen-bond donors (Lipinski definition) is 1. The predicted molar refractivity (Wildman–Crippen MR) is 106 cm³/mol. The number of aryl methyl sites for hydroxylation is 1. The SMILES string of the molecule is CCOC(=O)c1c(C)[nH]c(C(=O)C(=O)N2CCC(C)CC2)c1-c1ccccc1F. The molecule has 0 bridgehead atoms. The maximum absolute atomic E-state index is 14.6. The van der Waals surface area contributed by atoms with Crippen molar-refractivity contribution in [3.63, 3.8) is 0 Å². The van der Waals surface area contributed by atoms with Gasteiger partial charge in [0.2, 0.25) is 0 Å². The Morgan fingerprint density at radius 2 is 1.86 bits per heavy atom. The number of esters is 1. The molecule has 1 N–H and O–H groups in total. The van der Waals surface area contributed by atoms with Crippen molar-refractivity contribution in [3.05, 3.63) is 47.0 Å². The number of ether oxygens (including phenoxy) is 1. The average Bonchev–Trinajstić information content (AvgIpc) is 3.05. The molecular formula is C22H25FN2O4. The molecule has 0 aliphatic carbocycles. The van der Waals surface area contributed by atoms with Gasteiger partial charge in [-0.05, 0) is 38.7 Å². The standard InChI is InChI=1S/C22H25FN2O4/c1-4-29-22(28)17-14(3)24-19(18(17)15-7-5-6-8-16(15)23)20(26)21(27)25-11-9-13(2)10-12-25/h5-8,13,24H,4,9-12H2,1-3H3. The molecule has 29 heavy (non-hydrogen) atoms. The van der Waals surface area contributed by atoms with Gasteiger partial charge in [-0.15, -0.1) is 0 Å². The van der Waals surface area contributed by atoms with Gasteiger partial charge in [-0.2, -0.15) is 0 Å². The lowest BCUT2D eigenvalue weighted by atomic mass is 9.96. The van der Waals surface area contributed by atoms with Crippen molar-refractivity contribution in [1.29, 1.82) is 0 Å². The van der Waals surface area contributed by atoms with Crippen molar-refractivity contribution in [2.24, 2.45) is 5.92 Å². The van der Waals surface area contributed by atoms with Crippen LogP contribution in [0.4, 0.5) is 4.39 Å². The highest BCUT2D eigenvalue weighted by Gasteiger charge is 2.33. The molecule has 1 aromatic heterocycles. The number of hydrogen-bond acceptors (Lipinski definition) is 4. The fourth-order valence-corrected chi connectivity index (χ4v) is 3.65. The maximum Gasteiger partial charge on any atom is 0.340 e. The summed E-state index contributed by atoms with van der Waals surface area (Å²) in [4.78, 5) is 42.8. The molecule has 0 radical (unpaired) electrons. The van der Waals surface area contributed by atoms with Gasteiger partial charge in [0.05, 0.1) is 12.2 Å². The molecule has 7 heteroatoms. The van der Waals surface area contributed by atoms with Crippen molar-refractivity contribution < 1.29 is 23.5 Å². The zero-order valence-corrected chi connectivity index (χ0v) is 16.9. The van der Waals surface area contributed by atoms with Crippen molar-refractivity contribution in [2.75, 3.05) is 19.7 Å². The third-order valence-corrected chi connectivity index (χ3v) is 5.30. The topological polar surface area (TPSA) is 79.5 Å². The van der Waals surface area contributed by atoms with Crippen LogP contribution in [0.25, 0.3) is 11.1 Å². The summed E-state index contributed by atoms with van der Waals surface area (Å²) in [6.45, 7) is 6.51. The third-order valence-electron chi connectivity index (χ3n) is 5.30. The Balaban J connectivity index is 2.08. The quantitative estimate of drug-likeness (QED) is 0.471. The van der Waals surface area contributed by atoms with Gasteiger partial charge in [0.1, 0.15) is 11.5 Å². The third kappa shape index (κ3) is 4.09. The van der Waals surface area contributed by atoms with Gasteiger partial charge in [0.15, 0.2) is 0 Å². The number of ketones is 1. The fourth-order valence-electron chi connectivity index (χ4n) is 3.65. The number of amides is 1. The molecule has 3 rings (SSSR count). The lowest BCUT2D eigenvalue weighted by Gasteiger charge is -2.29. The minimum absolute atomic E-state index is 0.0698. The summed E-state index contributed by atoms with van der Waals surface area (Å²) < 4.78 is 19.7. The summed E-state index contributed by atoms with van der Waals surface area (Å²) in [5, 5.41) is 0. The van der Waals surface area contributed by atoms with Gasteiger partial charge >= 0.3 is 5.97 Å². The summed E-state index contributed by atoms with van der Waals surface area (Å²) >= 11 is 0. The Hall–Kier alpha value is -2.96. The first-order valence-electron chi connectivity index (χ1n) is 9.83. The maximum atomic E-state index is 14.6. The van der Waals surface area contributed by atoms with Crippen LogP contribution in [-0.4, -0.2) is 47.2 Å². The monoisotopic (exact) mass is 400 g/mol. The molecule has 0 atom stereocenters. The largest absolute Gasteiger partial charge is 0.462 e. The Bertz CT molecular complexity index is 942. The molecule has 0 saturated carbocycles. The second-order valence-electron chi connectivity index (χ2n) is 7.38. The Labute approximate surface area is 169 Å². The number of Topliss-reactive ketones (excluding diaryl/α,β-unsaturated/α-hetero) is 1. The first-order chi connectivity index (χ1) is 13.8. The van der Waals surface area contributed by atoms with E-state index in [4.69, 9.17) is 4.74 Å². The highest BCUT2D eigenvalue weighted by atomic mass is 19.1. The van der Waals surface area contributed by atoms with Gasteiger partial charge in [0.25, 0.3) is 11.7 Å². The van der Waals surface area contributed by atoms with Crippen molar-refractivity contribution in [2.45, 2.75) is 33.6 Å². The predicted octanol–water partition coefficient (Wildman–Crippen LogP) is 3.75. The summed E-state index contributed by atoms with van der Waals surface area (Å²) in [5.41, 5.74) is 0.482. The van der Waals surface area contributed by atoms with Crippen LogP contribution < -0.4 is 0 Å². The summed E-state index contributed by atoms with van der Waals surface area (Å²) in [6.07, 6.45) is 1.66. The van der Waals surface area contributed by atoms with E-state index in [1.54, 1.807) is 19.9 Å². The van der Waals surface area contributed by atoms with E-state index in [-0.39, 0.29) is 29.0 Å². The summed E-state index contributed by atoms with van der Waals surface area (Å²) in [5.74, 6) is -2.18. The van der Waals surface area contributed by atoms with Gasteiger partial charge in [-0.3, -0.25) is 9.59 Å². The number of likely N-dealkylation sites (tertiary alicyclic amines) is 1. The molecule has 2 aromatic rings. The number of benzene rings is 1. The molecule has 2 heterocycles. The van der Waals surface area contributed by atoms with E-state index < -0.39 is 23.5 Å². The first-order valence-corrected chi connectivity index (χ1v) is 9.83. The number of carbonyl (C=O) groups excluding carboxylic acids is 3. The van der Waals surface area contributed by atoms with Gasteiger partial charge in [-0.1, -0.05) is 25.1 Å². The highest BCUT2D eigenvalue weighted by Crippen LogP contribution is 2.33. The molecule has 1 amide bonds. The van der Waals surface area contributed by atoms with Crippen LogP contribution in [-0.2, 0) is 9.53 Å². The molecule has 0 unspecified atom stereocenters. The second-order valence-corrected chi connectivity index (χ2v) is 7.38. The number of aromatic nitrogens is 1. The molecular weight excluding hydrogens is 375 g/mol. The number of piperidine rings is 1. The van der Waals surface area contributed by atoms with Crippen LogP contribution in [0.2, 0.25) is 0 Å². The minimum atomic E-state index is -0.781. The molecule has 1 aliphatic heterocycles. The molecule has 1 aromatic carbocycles. The van der Waals surface area contributed by atoms with Crippen molar-refractivity contribution in [1.82, 2.24) is 9.88 Å². The average molecular weight is 400 g/mol. The molecule has 1 saturated heterocycles. The van der Waals surface area contributed by atoms with Crippen LogP contribution in [0.5, 0.6) is 0 Å². The highest BCUT2D eigenvalue weighted by molar-refractivity contribution is 6.43. The molecule has 0 spiro atoms. The lowest BCUT2D eigenvalue weighted by molar-refractivity contribution is -0.127. The second kappa shape index (κ2) is 8.59. The Kier molecular flexibility index (Phi) is 6.15. The minimum Gasteiger partial charge on any atom is -0.462 e. The van der Waals surface area contributed by atoms with E-state index in [2.05, 4.69) is 11.9 Å². The van der Waals surface area contributed by atoms with Gasteiger partial charge in [-0.25, -0.2) is 9.18 Å². The number of nitrogens with one attached hydrogen (secondary N) is 1. The lowest BCUT2D eigenvalue weighted by Crippen LogP contribution is -2.42. The fraction of sp³-hybridized carbons (Fsp3) is 0.409. The zero-order chi connectivity index (χ0) is 21.1. The summed E-state index contributed by atoms with van der Waals surface area (Å²) in [6, 6.07) is 5.85. The van der Waals surface area contributed by atoms with Gasteiger partial charge < -0.3 is 14.6 Å². The summed E-state index contributed by atoms with van der Waals surface area (Å²) in [7, 11) is 0. The Morgan fingerprint density at radius 1 is 1.21 bits per heavy atom. The number of halogens is 1. The van der Waals surface area contributed by atoms with Crippen LogP contribution in [0, 0.1) is 18.7 Å². The van der Waals surface area contributed by atoms with Crippen LogP contribution in [0.1, 0.15) is 53.2 Å². The molecule has 154 valence electrons. The number of carbonyl (C=O) groups is 3. The first kappa shape index (κ1) is 20.8. The zero-order valence-electron chi connectivity index (χ0n) is 16.9. The van der Waals surface area contributed by atoms with Crippen LogP contribution in [0.3, 0.4) is 0 Å². The van der Waals surface area contributed by atoms with E-state index in [1.165, 1.54) is 23.1 Å². The van der Waals surface area contributed by atoms with E-state index in [0.717, 1.165) is 12.8 Å². The van der Waals surface area contributed by atoms with Crippen LogP contribution >= 0.6 is 0 Å². The molecule has 6 nitrogen and oxygen atoms in total. The Morgan fingerprint density at radius 3 is 2.48 bits per heavy atom. The number of nitrogens with zero attached hydrogens (tertiary/aromatic N) is 1. The van der Waals surface area contributed by atoms with E-state index in [9.17, 15) is 18.8 Å². The van der Waals surface area contributed by atoms with Gasteiger partial charge in [0, 0.05) is 29.9 Å². The normalized spacial score (nSPS) is 14.7. The van der Waals surface area contributed by atoms with Crippen molar-refractivity contribution in [3.8, 4) is 11.1 Å². The van der Waals surface area contributed by atoms with Crippen LogP contribution in [0.15, 0.2) is 24.3 Å². The van der Waals surface area contributed by atoms with E-state index in [0.29, 0.717) is 24.7 Å². The van der Waals surface area contributed by atoms with Crippen molar-refractivity contribution >= 4 is 17.7 Å². The van der Waals surface area contributed by atoms with E-state index in [1.807, 2.05) is 0 Å². The molecule has 1 fully saturated rings. The number of H-pyrrole nitrogens is 1. The number of aromatic amines is 1. The molecule has 1 aliphatic rings. The number of rotatable bonds is 5.